The maximum absolute atomic E-state index is 13.6. The molecule has 2 rings (SSSR count). The molecule has 0 aromatic heterocycles. The van der Waals surface area contributed by atoms with Gasteiger partial charge in [-0.15, -0.1) is 0 Å². The highest BCUT2D eigenvalue weighted by Gasteiger charge is 2.09. The van der Waals surface area contributed by atoms with Gasteiger partial charge in [0.2, 0.25) is 0 Å². The van der Waals surface area contributed by atoms with Gasteiger partial charge in [0.15, 0.2) is 17.5 Å². The number of methoxy groups -OCH3 is 1. The van der Waals surface area contributed by atoms with E-state index in [-0.39, 0.29) is 17.7 Å². The molecule has 1 unspecified atom stereocenters. The Kier molecular flexibility index (Phi) is 9.07. The Labute approximate surface area is 165 Å². The second-order valence-corrected chi connectivity index (χ2v) is 6.15. The SMILES string of the molecule is CN=C(NCc1ccc(OCCOC)cc1)NCC(C)Oc1ccccc1F. The Bertz CT molecular complexity index is 738. The zero-order valence-corrected chi connectivity index (χ0v) is 16.6. The Morgan fingerprint density at radius 3 is 2.50 bits per heavy atom. The third-order valence-corrected chi connectivity index (χ3v) is 3.88. The van der Waals surface area contributed by atoms with E-state index in [4.69, 9.17) is 14.2 Å². The maximum Gasteiger partial charge on any atom is 0.191 e. The van der Waals surface area contributed by atoms with E-state index >= 15 is 0 Å². The summed E-state index contributed by atoms with van der Waals surface area (Å²) in [5.74, 6) is 1.32. The van der Waals surface area contributed by atoms with E-state index in [0.717, 1.165) is 11.3 Å². The van der Waals surface area contributed by atoms with Crippen molar-refractivity contribution in [2.75, 3.05) is 33.9 Å². The largest absolute Gasteiger partial charge is 0.491 e. The molecule has 0 bridgehead atoms. The molecule has 1 atom stereocenters. The van der Waals surface area contributed by atoms with Crippen LogP contribution in [0.25, 0.3) is 0 Å². The molecule has 2 N–H and O–H groups in total. The molecule has 0 fully saturated rings. The summed E-state index contributed by atoms with van der Waals surface area (Å²) in [6.45, 7) is 4.05. The lowest BCUT2D eigenvalue weighted by Crippen LogP contribution is -2.41. The van der Waals surface area contributed by atoms with Crippen molar-refractivity contribution in [2.24, 2.45) is 4.99 Å². The molecule has 2 aromatic carbocycles. The van der Waals surface area contributed by atoms with Gasteiger partial charge in [-0.25, -0.2) is 4.39 Å². The minimum absolute atomic E-state index is 0.223. The zero-order valence-electron chi connectivity index (χ0n) is 16.6. The molecule has 0 aliphatic carbocycles. The number of rotatable bonds is 10. The number of hydrogen-bond acceptors (Lipinski definition) is 4. The molecule has 0 radical (unpaired) electrons. The third-order valence-electron chi connectivity index (χ3n) is 3.88. The highest BCUT2D eigenvalue weighted by atomic mass is 19.1. The average molecular weight is 389 g/mol. The number of guanidine groups is 1. The van der Waals surface area contributed by atoms with Crippen LogP contribution >= 0.6 is 0 Å². The van der Waals surface area contributed by atoms with Crippen molar-refractivity contribution >= 4 is 5.96 Å². The van der Waals surface area contributed by atoms with Gasteiger partial charge in [0.1, 0.15) is 18.5 Å². The molecule has 0 aliphatic rings. The van der Waals surface area contributed by atoms with Gasteiger partial charge in [-0.2, -0.15) is 0 Å². The molecule has 0 spiro atoms. The van der Waals surface area contributed by atoms with Gasteiger partial charge in [0.05, 0.1) is 13.2 Å². The first-order chi connectivity index (χ1) is 13.6. The summed E-state index contributed by atoms with van der Waals surface area (Å²) in [5, 5.41) is 6.41. The van der Waals surface area contributed by atoms with Crippen LogP contribution in [0.1, 0.15) is 12.5 Å². The lowest BCUT2D eigenvalue weighted by atomic mass is 10.2. The molecule has 0 amide bonds. The lowest BCUT2D eigenvalue weighted by Gasteiger charge is -2.18. The van der Waals surface area contributed by atoms with Crippen LogP contribution in [0.3, 0.4) is 0 Å². The van der Waals surface area contributed by atoms with E-state index < -0.39 is 0 Å². The molecule has 28 heavy (non-hydrogen) atoms. The monoisotopic (exact) mass is 389 g/mol. The Morgan fingerprint density at radius 1 is 1.07 bits per heavy atom. The number of aliphatic imine (C=N–C) groups is 1. The van der Waals surface area contributed by atoms with Crippen molar-refractivity contribution in [1.82, 2.24) is 10.6 Å². The van der Waals surface area contributed by atoms with Gasteiger partial charge >= 0.3 is 0 Å². The number of nitrogens with one attached hydrogen (secondary N) is 2. The Morgan fingerprint density at radius 2 is 1.82 bits per heavy atom. The van der Waals surface area contributed by atoms with Gasteiger partial charge in [-0.1, -0.05) is 24.3 Å². The normalized spacial score (nSPS) is 12.4. The van der Waals surface area contributed by atoms with Gasteiger partial charge < -0.3 is 24.8 Å². The number of nitrogens with zero attached hydrogens (tertiary/aromatic N) is 1. The first kappa shape index (κ1) is 21.5. The Hall–Kier alpha value is -2.80. The van der Waals surface area contributed by atoms with Crippen molar-refractivity contribution in [1.29, 1.82) is 0 Å². The number of benzene rings is 2. The molecule has 0 saturated heterocycles. The molecule has 0 saturated carbocycles. The molecule has 0 heterocycles. The quantitative estimate of drug-likeness (QED) is 0.372. The predicted octanol–water partition coefficient (Wildman–Crippen LogP) is 2.98. The van der Waals surface area contributed by atoms with Crippen LogP contribution in [0.15, 0.2) is 53.5 Å². The standard InChI is InChI=1S/C21H28FN3O3/c1-16(28-20-7-5-4-6-19(20)22)14-24-21(23-2)25-15-17-8-10-18(11-9-17)27-13-12-26-3/h4-11,16H,12-15H2,1-3H3,(H2,23,24,25). The highest BCUT2D eigenvalue weighted by molar-refractivity contribution is 5.79. The number of para-hydroxylation sites is 1. The van der Waals surface area contributed by atoms with E-state index in [2.05, 4.69) is 15.6 Å². The van der Waals surface area contributed by atoms with Crippen molar-refractivity contribution < 1.29 is 18.6 Å². The summed E-state index contributed by atoms with van der Waals surface area (Å²) in [6, 6.07) is 14.2. The predicted molar refractivity (Wildman–Crippen MR) is 109 cm³/mol. The average Bonchev–Trinajstić information content (AvgIpc) is 2.71. The fourth-order valence-corrected chi connectivity index (χ4v) is 2.39. The van der Waals surface area contributed by atoms with E-state index in [0.29, 0.717) is 32.3 Å². The van der Waals surface area contributed by atoms with Crippen LogP contribution in [-0.2, 0) is 11.3 Å². The first-order valence-corrected chi connectivity index (χ1v) is 9.18. The van der Waals surface area contributed by atoms with Crippen molar-refractivity contribution in [3.05, 3.63) is 59.9 Å². The summed E-state index contributed by atoms with van der Waals surface area (Å²) in [6.07, 6.45) is -0.223. The number of halogens is 1. The summed E-state index contributed by atoms with van der Waals surface area (Å²) >= 11 is 0. The summed E-state index contributed by atoms with van der Waals surface area (Å²) < 4.78 is 29.8. The third kappa shape index (κ3) is 7.44. The topological polar surface area (TPSA) is 64.1 Å². The van der Waals surface area contributed by atoms with Crippen LogP contribution < -0.4 is 20.1 Å². The summed E-state index contributed by atoms with van der Waals surface area (Å²) in [4.78, 5) is 4.19. The van der Waals surface area contributed by atoms with Gasteiger partial charge in [-0.3, -0.25) is 4.99 Å². The van der Waals surface area contributed by atoms with Gasteiger partial charge in [0.25, 0.3) is 0 Å². The van der Waals surface area contributed by atoms with Crippen LogP contribution in [0.5, 0.6) is 11.5 Å². The number of ether oxygens (including phenoxy) is 3. The van der Waals surface area contributed by atoms with Crippen LogP contribution in [-0.4, -0.2) is 46.0 Å². The molecule has 0 aliphatic heterocycles. The first-order valence-electron chi connectivity index (χ1n) is 9.18. The molecule has 2 aromatic rings. The minimum atomic E-state index is -0.369. The van der Waals surface area contributed by atoms with Crippen LogP contribution in [0.4, 0.5) is 4.39 Å². The molecular formula is C21H28FN3O3. The Balaban J connectivity index is 1.74. The van der Waals surface area contributed by atoms with E-state index in [9.17, 15) is 4.39 Å². The zero-order chi connectivity index (χ0) is 20.2. The fourth-order valence-electron chi connectivity index (χ4n) is 2.39. The van der Waals surface area contributed by atoms with Crippen LogP contribution in [0.2, 0.25) is 0 Å². The molecule has 7 heteroatoms. The van der Waals surface area contributed by atoms with E-state index in [1.54, 1.807) is 32.4 Å². The lowest BCUT2D eigenvalue weighted by molar-refractivity contribution is 0.146. The van der Waals surface area contributed by atoms with E-state index in [1.165, 1.54) is 6.07 Å². The molecule has 152 valence electrons. The maximum atomic E-state index is 13.6. The highest BCUT2D eigenvalue weighted by Crippen LogP contribution is 2.16. The summed E-state index contributed by atoms with van der Waals surface area (Å²) in [5.41, 5.74) is 1.10. The minimum Gasteiger partial charge on any atom is -0.491 e. The second-order valence-electron chi connectivity index (χ2n) is 6.15. The molecule has 6 nitrogen and oxygen atoms in total. The molecular weight excluding hydrogens is 361 g/mol. The fraction of sp³-hybridized carbons (Fsp3) is 0.381. The van der Waals surface area contributed by atoms with Crippen LogP contribution in [0, 0.1) is 5.82 Å². The van der Waals surface area contributed by atoms with Gasteiger partial charge in [0, 0.05) is 20.7 Å². The second kappa shape index (κ2) is 11.8. The number of hydrogen-bond donors (Lipinski definition) is 2. The smallest absolute Gasteiger partial charge is 0.191 e. The summed E-state index contributed by atoms with van der Waals surface area (Å²) in [7, 11) is 3.34. The van der Waals surface area contributed by atoms with Crippen molar-refractivity contribution in [2.45, 2.75) is 19.6 Å². The van der Waals surface area contributed by atoms with E-state index in [1.807, 2.05) is 31.2 Å². The van der Waals surface area contributed by atoms with Gasteiger partial charge in [-0.05, 0) is 36.8 Å². The van der Waals surface area contributed by atoms with Crippen molar-refractivity contribution in [3.63, 3.8) is 0 Å². The van der Waals surface area contributed by atoms with Crippen molar-refractivity contribution in [3.8, 4) is 11.5 Å².